The Hall–Kier alpha value is -1.76. The summed E-state index contributed by atoms with van der Waals surface area (Å²) in [6.45, 7) is 5.34. The van der Waals surface area contributed by atoms with E-state index in [9.17, 15) is 9.59 Å². The molecule has 0 aliphatic rings. The van der Waals surface area contributed by atoms with Crippen molar-refractivity contribution in [3.63, 3.8) is 0 Å². The Balaban J connectivity index is 2.65. The second-order valence-electron chi connectivity index (χ2n) is 3.97. The number of anilines is 1. The predicted molar refractivity (Wildman–Crippen MR) is 66.4 cm³/mol. The molecule has 0 radical (unpaired) electrons. The van der Waals surface area contributed by atoms with E-state index < -0.39 is 0 Å². The van der Waals surface area contributed by atoms with Crippen LogP contribution < -0.4 is 10.9 Å². The minimum atomic E-state index is -0.279. The maximum absolute atomic E-state index is 11.6. The molecule has 0 saturated carbocycles. The number of nitrogens with one attached hydrogen (secondary N) is 2. The van der Waals surface area contributed by atoms with Crippen LogP contribution in [0.2, 0.25) is 0 Å². The molecule has 2 aromatic rings. The Bertz CT molecular complexity index is 629. The lowest BCUT2D eigenvalue weighted by atomic mass is 10.1. The third-order valence-corrected chi connectivity index (χ3v) is 3.15. The fraction of sp³-hybridized carbons (Fsp3) is 0.400. The van der Waals surface area contributed by atoms with E-state index in [0.29, 0.717) is 15.3 Å². The van der Waals surface area contributed by atoms with Gasteiger partial charge in [-0.1, -0.05) is 25.2 Å². The first-order valence-electron chi connectivity index (χ1n) is 5.15. The number of thiazole rings is 1. The van der Waals surface area contributed by atoms with Crippen molar-refractivity contribution >= 4 is 32.6 Å². The van der Waals surface area contributed by atoms with Crippen molar-refractivity contribution in [2.24, 2.45) is 0 Å². The van der Waals surface area contributed by atoms with E-state index in [2.05, 4.69) is 20.5 Å². The van der Waals surface area contributed by atoms with Crippen LogP contribution in [-0.4, -0.2) is 21.1 Å². The van der Waals surface area contributed by atoms with Crippen LogP contribution in [-0.2, 0) is 4.79 Å². The molecule has 2 aromatic heterocycles. The van der Waals surface area contributed by atoms with Crippen LogP contribution in [0.25, 0.3) is 10.2 Å². The lowest BCUT2D eigenvalue weighted by Gasteiger charge is -2.02. The fourth-order valence-electron chi connectivity index (χ4n) is 1.47. The summed E-state index contributed by atoms with van der Waals surface area (Å²) < 4.78 is 0.493. The highest BCUT2D eigenvalue weighted by molar-refractivity contribution is 7.22. The zero-order chi connectivity index (χ0) is 12.6. The Labute approximate surface area is 101 Å². The lowest BCUT2D eigenvalue weighted by Crippen LogP contribution is -2.10. The quantitative estimate of drug-likeness (QED) is 0.847. The summed E-state index contributed by atoms with van der Waals surface area (Å²) in [6, 6.07) is 0. The Morgan fingerprint density at radius 2 is 2.18 bits per heavy atom. The molecule has 1 amide bonds. The first-order chi connectivity index (χ1) is 7.99. The van der Waals surface area contributed by atoms with Gasteiger partial charge in [0.2, 0.25) is 5.91 Å². The van der Waals surface area contributed by atoms with Crippen LogP contribution in [0, 0.1) is 0 Å². The molecule has 6 nitrogen and oxygen atoms in total. The number of amides is 1. The number of hydrogen-bond donors (Lipinski definition) is 2. The van der Waals surface area contributed by atoms with Crippen molar-refractivity contribution in [3.05, 3.63) is 16.0 Å². The number of carbonyl (C=O) groups excluding carboxylic acids is 1. The summed E-state index contributed by atoms with van der Waals surface area (Å²) in [4.78, 5) is 26.8. The number of hydrogen-bond acceptors (Lipinski definition) is 5. The highest BCUT2D eigenvalue weighted by Crippen LogP contribution is 2.27. The first kappa shape index (κ1) is 11.7. The number of H-pyrrole nitrogens is 1. The number of carbonyl (C=O) groups is 1. The minimum Gasteiger partial charge on any atom is -0.302 e. The van der Waals surface area contributed by atoms with Gasteiger partial charge in [-0.25, -0.2) is 10.1 Å². The van der Waals surface area contributed by atoms with E-state index in [0.717, 1.165) is 17.0 Å². The van der Waals surface area contributed by atoms with Crippen molar-refractivity contribution in [2.45, 2.75) is 26.7 Å². The molecule has 0 aliphatic heterocycles. The molecule has 0 bridgehead atoms. The zero-order valence-corrected chi connectivity index (χ0v) is 10.5. The molecule has 0 aliphatic carbocycles. The molecule has 2 N–H and O–H groups in total. The zero-order valence-electron chi connectivity index (χ0n) is 9.70. The summed E-state index contributed by atoms with van der Waals surface area (Å²) in [7, 11) is 0. The molecule has 0 fully saturated rings. The van der Waals surface area contributed by atoms with Gasteiger partial charge in [-0.2, -0.15) is 5.10 Å². The van der Waals surface area contributed by atoms with Crippen molar-refractivity contribution in [2.75, 3.05) is 5.32 Å². The van der Waals surface area contributed by atoms with Gasteiger partial charge < -0.3 is 5.32 Å². The smallest absolute Gasteiger partial charge is 0.283 e. The number of rotatable bonds is 2. The number of aromatic amines is 1. The third kappa shape index (κ3) is 2.19. The molecule has 17 heavy (non-hydrogen) atoms. The second-order valence-corrected chi connectivity index (χ2v) is 4.97. The summed E-state index contributed by atoms with van der Waals surface area (Å²) in [5.41, 5.74) is 1.02. The van der Waals surface area contributed by atoms with Crippen LogP contribution in [0.4, 0.5) is 5.13 Å². The number of nitrogens with zero attached hydrogens (tertiary/aromatic N) is 2. The van der Waals surface area contributed by atoms with Crippen LogP contribution in [0.3, 0.4) is 0 Å². The maximum Gasteiger partial charge on any atom is 0.283 e. The van der Waals surface area contributed by atoms with E-state index >= 15 is 0 Å². The molecule has 2 rings (SSSR count). The number of fused-ring (bicyclic) bond motifs is 1. The molecule has 0 spiro atoms. The van der Waals surface area contributed by atoms with E-state index in [4.69, 9.17) is 0 Å². The van der Waals surface area contributed by atoms with Gasteiger partial charge in [0.15, 0.2) is 5.13 Å². The molecule has 0 atom stereocenters. The van der Waals surface area contributed by atoms with Gasteiger partial charge in [-0.3, -0.25) is 9.59 Å². The van der Waals surface area contributed by atoms with Gasteiger partial charge in [-0.05, 0) is 5.92 Å². The van der Waals surface area contributed by atoms with Crippen molar-refractivity contribution in [3.8, 4) is 0 Å². The highest BCUT2D eigenvalue weighted by atomic mass is 32.1. The monoisotopic (exact) mass is 252 g/mol. The number of aromatic nitrogens is 3. The molecule has 0 unspecified atom stereocenters. The van der Waals surface area contributed by atoms with Crippen molar-refractivity contribution in [1.29, 1.82) is 0 Å². The van der Waals surface area contributed by atoms with E-state index in [1.54, 1.807) is 0 Å². The third-order valence-electron chi connectivity index (χ3n) is 2.18. The van der Waals surface area contributed by atoms with E-state index in [-0.39, 0.29) is 17.4 Å². The van der Waals surface area contributed by atoms with Crippen LogP contribution in [0.1, 0.15) is 32.4 Å². The molecule has 0 aromatic carbocycles. The SMILES string of the molecule is CC(=O)Nc1nc2c(C(C)C)n[nH]c(=O)c2s1. The van der Waals surface area contributed by atoms with Gasteiger partial charge in [0.05, 0.1) is 5.69 Å². The summed E-state index contributed by atoms with van der Waals surface area (Å²) in [5, 5.41) is 9.43. The normalized spacial score (nSPS) is 11.1. The van der Waals surface area contributed by atoms with Gasteiger partial charge >= 0.3 is 0 Å². The molecule has 7 heteroatoms. The Kier molecular flexibility index (Phi) is 2.93. The van der Waals surface area contributed by atoms with Gasteiger partial charge in [0, 0.05) is 6.92 Å². The molecule has 2 heterocycles. The largest absolute Gasteiger partial charge is 0.302 e. The van der Waals surface area contributed by atoms with Crippen LogP contribution in [0.5, 0.6) is 0 Å². The standard InChI is InChI=1S/C10H12N4O2S/c1-4(2)6-7-8(9(16)14-13-6)17-10(12-7)11-5(3)15/h4H,1-3H3,(H,14,16)(H,11,12,15). The molecule has 90 valence electrons. The van der Waals surface area contributed by atoms with Crippen LogP contribution >= 0.6 is 11.3 Å². The van der Waals surface area contributed by atoms with E-state index in [1.165, 1.54) is 6.92 Å². The predicted octanol–water partition coefficient (Wildman–Crippen LogP) is 1.46. The Morgan fingerprint density at radius 3 is 2.76 bits per heavy atom. The summed E-state index contributed by atoms with van der Waals surface area (Å²) >= 11 is 1.16. The van der Waals surface area contributed by atoms with Gasteiger partial charge in [0.1, 0.15) is 10.2 Å². The average molecular weight is 252 g/mol. The van der Waals surface area contributed by atoms with Crippen molar-refractivity contribution < 1.29 is 4.79 Å². The molecule has 0 saturated heterocycles. The first-order valence-corrected chi connectivity index (χ1v) is 5.97. The highest BCUT2D eigenvalue weighted by Gasteiger charge is 2.15. The topological polar surface area (TPSA) is 87.7 Å². The summed E-state index contributed by atoms with van der Waals surface area (Å²) in [6.07, 6.45) is 0. The maximum atomic E-state index is 11.6. The van der Waals surface area contributed by atoms with Crippen LogP contribution in [0.15, 0.2) is 4.79 Å². The molecular weight excluding hydrogens is 240 g/mol. The average Bonchev–Trinajstić information content (AvgIpc) is 2.60. The van der Waals surface area contributed by atoms with Crippen molar-refractivity contribution in [1.82, 2.24) is 15.2 Å². The lowest BCUT2D eigenvalue weighted by molar-refractivity contribution is -0.114. The molecular formula is C10H12N4O2S. The van der Waals surface area contributed by atoms with E-state index in [1.807, 2.05) is 13.8 Å². The minimum absolute atomic E-state index is 0.154. The Morgan fingerprint density at radius 1 is 1.47 bits per heavy atom. The van der Waals surface area contributed by atoms with Gasteiger partial charge in [-0.15, -0.1) is 0 Å². The second kappa shape index (κ2) is 4.25. The van der Waals surface area contributed by atoms with Gasteiger partial charge in [0.25, 0.3) is 5.56 Å². The summed E-state index contributed by atoms with van der Waals surface area (Å²) in [5.74, 6) is -0.0545. The fourth-order valence-corrected chi connectivity index (χ4v) is 2.38.